The molecule has 94 valence electrons. The standard InChI is InChI=1S/C12H11NO5/c1-18-8-4-2-7(3-5-8)11(15)9-6-10(14)13(17)12(9)16/h2-5,9,17H,6H2,1H3. The molecule has 1 N–H and O–H groups in total. The van der Waals surface area contributed by atoms with E-state index < -0.39 is 23.5 Å². The Balaban J connectivity index is 2.21. The second kappa shape index (κ2) is 4.58. The van der Waals surface area contributed by atoms with Gasteiger partial charge in [-0.1, -0.05) is 0 Å². The van der Waals surface area contributed by atoms with E-state index in [-0.39, 0.29) is 11.5 Å². The lowest BCUT2D eigenvalue weighted by molar-refractivity contribution is -0.171. The topological polar surface area (TPSA) is 83.9 Å². The van der Waals surface area contributed by atoms with E-state index in [9.17, 15) is 14.4 Å². The number of rotatable bonds is 3. The molecule has 1 aliphatic rings. The molecule has 2 amide bonds. The molecule has 2 rings (SSSR count). The molecule has 0 saturated carbocycles. The summed E-state index contributed by atoms with van der Waals surface area (Å²) in [4.78, 5) is 34.6. The number of ether oxygens (including phenoxy) is 1. The highest BCUT2D eigenvalue weighted by Gasteiger charge is 2.42. The fourth-order valence-corrected chi connectivity index (χ4v) is 1.78. The molecule has 0 spiro atoms. The van der Waals surface area contributed by atoms with Crippen LogP contribution in [0.2, 0.25) is 0 Å². The molecule has 1 fully saturated rings. The quantitative estimate of drug-likeness (QED) is 0.368. The van der Waals surface area contributed by atoms with Crippen LogP contribution in [0.4, 0.5) is 0 Å². The third kappa shape index (κ3) is 1.98. The van der Waals surface area contributed by atoms with Crippen LogP contribution >= 0.6 is 0 Å². The zero-order valence-corrected chi connectivity index (χ0v) is 9.62. The lowest BCUT2D eigenvalue weighted by atomic mass is 9.96. The second-order valence-electron chi connectivity index (χ2n) is 3.89. The van der Waals surface area contributed by atoms with Crippen molar-refractivity contribution in [3.63, 3.8) is 0 Å². The van der Waals surface area contributed by atoms with Crippen molar-refractivity contribution in [1.29, 1.82) is 0 Å². The van der Waals surface area contributed by atoms with Gasteiger partial charge in [-0.15, -0.1) is 0 Å². The number of methoxy groups -OCH3 is 1. The summed E-state index contributed by atoms with van der Waals surface area (Å²) in [6.45, 7) is 0. The van der Waals surface area contributed by atoms with Crippen molar-refractivity contribution in [2.75, 3.05) is 7.11 Å². The number of imide groups is 1. The van der Waals surface area contributed by atoms with Crippen LogP contribution in [0.1, 0.15) is 16.8 Å². The summed E-state index contributed by atoms with van der Waals surface area (Å²) in [5.41, 5.74) is 0.303. The maximum absolute atomic E-state index is 12.0. The maximum Gasteiger partial charge on any atom is 0.264 e. The molecular formula is C12H11NO5. The SMILES string of the molecule is COc1ccc(C(=O)C2CC(=O)N(O)C2=O)cc1. The molecule has 18 heavy (non-hydrogen) atoms. The third-order valence-electron chi connectivity index (χ3n) is 2.81. The van der Waals surface area contributed by atoms with Gasteiger partial charge in [0.2, 0.25) is 0 Å². The van der Waals surface area contributed by atoms with Crippen molar-refractivity contribution in [2.24, 2.45) is 5.92 Å². The van der Waals surface area contributed by atoms with Gasteiger partial charge in [0, 0.05) is 12.0 Å². The first-order valence-electron chi connectivity index (χ1n) is 5.28. The van der Waals surface area contributed by atoms with Crippen LogP contribution in [-0.4, -0.2) is 35.0 Å². The molecule has 0 aromatic heterocycles. The molecule has 1 aliphatic heterocycles. The zero-order valence-electron chi connectivity index (χ0n) is 9.62. The van der Waals surface area contributed by atoms with Gasteiger partial charge in [-0.05, 0) is 24.3 Å². The highest BCUT2D eigenvalue weighted by molar-refractivity contribution is 6.17. The Hall–Kier alpha value is -2.21. The molecule has 6 heteroatoms. The van der Waals surface area contributed by atoms with E-state index in [0.717, 1.165) is 0 Å². The number of hydroxylamine groups is 2. The molecule has 0 bridgehead atoms. The second-order valence-corrected chi connectivity index (χ2v) is 3.89. The number of ketones is 1. The van der Waals surface area contributed by atoms with Crippen LogP contribution in [0.3, 0.4) is 0 Å². The highest BCUT2D eigenvalue weighted by Crippen LogP contribution is 2.23. The predicted octanol–water partition coefficient (Wildman–Crippen LogP) is 0.642. The van der Waals surface area contributed by atoms with E-state index in [2.05, 4.69) is 0 Å². The van der Waals surface area contributed by atoms with Crippen molar-refractivity contribution in [1.82, 2.24) is 5.06 Å². The Kier molecular flexibility index (Phi) is 3.12. The summed E-state index contributed by atoms with van der Waals surface area (Å²) < 4.78 is 4.95. The van der Waals surface area contributed by atoms with Crippen LogP contribution < -0.4 is 4.74 Å². The van der Waals surface area contributed by atoms with Gasteiger partial charge in [0.05, 0.1) is 7.11 Å². The van der Waals surface area contributed by atoms with Crippen LogP contribution in [0, 0.1) is 5.92 Å². The Labute approximate surface area is 103 Å². The molecule has 1 unspecified atom stereocenters. The molecular weight excluding hydrogens is 238 g/mol. The van der Waals surface area contributed by atoms with Crippen molar-refractivity contribution in [3.8, 4) is 5.75 Å². The van der Waals surface area contributed by atoms with E-state index in [1.54, 1.807) is 12.1 Å². The van der Waals surface area contributed by atoms with Crippen molar-refractivity contribution in [2.45, 2.75) is 6.42 Å². The maximum atomic E-state index is 12.0. The number of benzene rings is 1. The molecule has 1 atom stereocenters. The van der Waals surface area contributed by atoms with Crippen molar-refractivity contribution < 1.29 is 24.3 Å². The highest BCUT2D eigenvalue weighted by atomic mass is 16.5. The average molecular weight is 249 g/mol. The summed E-state index contributed by atoms with van der Waals surface area (Å²) >= 11 is 0. The number of carbonyl (C=O) groups is 3. The van der Waals surface area contributed by atoms with Gasteiger partial charge in [0.1, 0.15) is 11.7 Å². The summed E-state index contributed by atoms with van der Waals surface area (Å²) in [5.74, 6) is -2.65. The predicted molar refractivity (Wildman–Crippen MR) is 59.1 cm³/mol. The minimum atomic E-state index is -1.13. The van der Waals surface area contributed by atoms with Crippen molar-refractivity contribution >= 4 is 17.6 Å². The number of carbonyl (C=O) groups excluding carboxylic acids is 3. The van der Waals surface area contributed by atoms with Crippen molar-refractivity contribution in [3.05, 3.63) is 29.8 Å². The normalized spacial score (nSPS) is 19.2. The Morgan fingerprint density at radius 3 is 2.39 bits per heavy atom. The largest absolute Gasteiger partial charge is 0.497 e. The minimum absolute atomic E-state index is 0.00604. The Morgan fingerprint density at radius 1 is 1.33 bits per heavy atom. The van der Waals surface area contributed by atoms with E-state index >= 15 is 0 Å². The monoisotopic (exact) mass is 249 g/mol. The van der Waals surface area contributed by atoms with Crippen LogP contribution in [0.5, 0.6) is 5.75 Å². The number of Topliss-reactive ketones (excluding diaryl/α,β-unsaturated/α-hetero) is 1. The van der Waals surface area contributed by atoms with Gasteiger partial charge in [-0.25, -0.2) is 0 Å². The van der Waals surface area contributed by atoms with Gasteiger partial charge < -0.3 is 4.74 Å². The van der Waals surface area contributed by atoms with Gasteiger partial charge in [0.25, 0.3) is 11.8 Å². The Bertz CT molecular complexity index is 508. The number of hydrogen-bond acceptors (Lipinski definition) is 5. The van der Waals surface area contributed by atoms with Gasteiger partial charge in [-0.2, -0.15) is 5.06 Å². The first-order chi connectivity index (χ1) is 8.54. The molecule has 6 nitrogen and oxygen atoms in total. The lowest BCUT2D eigenvalue weighted by Gasteiger charge is -2.07. The summed E-state index contributed by atoms with van der Waals surface area (Å²) in [5, 5.41) is 9.08. The number of amides is 2. The van der Waals surface area contributed by atoms with E-state index in [4.69, 9.17) is 9.94 Å². The molecule has 0 aliphatic carbocycles. The summed E-state index contributed by atoms with van der Waals surface area (Å²) in [7, 11) is 1.50. The molecule has 1 aromatic rings. The Morgan fingerprint density at radius 2 is 1.94 bits per heavy atom. The molecule has 1 saturated heterocycles. The smallest absolute Gasteiger partial charge is 0.264 e. The molecule has 1 heterocycles. The van der Waals surface area contributed by atoms with E-state index in [1.807, 2.05) is 0 Å². The zero-order chi connectivity index (χ0) is 13.3. The first-order valence-corrected chi connectivity index (χ1v) is 5.28. The summed E-state index contributed by atoms with van der Waals surface area (Å²) in [6.07, 6.45) is -0.291. The van der Waals surface area contributed by atoms with Crippen LogP contribution in [0.15, 0.2) is 24.3 Å². The molecule has 0 radical (unpaired) electrons. The van der Waals surface area contributed by atoms with Crippen LogP contribution in [-0.2, 0) is 9.59 Å². The summed E-state index contributed by atoms with van der Waals surface area (Å²) in [6, 6.07) is 6.20. The number of nitrogens with zero attached hydrogens (tertiary/aromatic N) is 1. The third-order valence-corrected chi connectivity index (χ3v) is 2.81. The molecule has 1 aromatic carbocycles. The van der Waals surface area contributed by atoms with Gasteiger partial charge in [0.15, 0.2) is 5.78 Å². The van der Waals surface area contributed by atoms with E-state index in [1.165, 1.54) is 19.2 Å². The minimum Gasteiger partial charge on any atom is -0.497 e. The van der Waals surface area contributed by atoms with Crippen LogP contribution in [0.25, 0.3) is 0 Å². The fourth-order valence-electron chi connectivity index (χ4n) is 1.78. The fraction of sp³-hybridized carbons (Fsp3) is 0.250. The number of hydrogen-bond donors (Lipinski definition) is 1. The van der Waals surface area contributed by atoms with E-state index in [0.29, 0.717) is 11.3 Å². The van der Waals surface area contributed by atoms with Gasteiger partial charge in [-0.3, -0.25) is 19.6 Å². The van der Waals surface area contributed by atoms with Gasteiger partial charge >= 0.3 is 0 Å². The average Bonchev–Trinajstić information content (AvgIpc) is 2.66. The lowest BCUT2D eigenvalue weighted by Crippen LogP contribution is -2.29. The first kappa shape index (κ1) is 12.3.